The minimum Gasteiger partial charge on any atom is -0.483 e. The smallest absolute Gasteiger partial charge is 0.290 e. The van der Waals surface area contributed by atoms with Crippen molar-refractivity contribution in [2.45, 2.75) is 18.9 Å². The predicted octanol–water partition coefficient (Wildman–Crippen LogP) is 0.478. The molecule has 0 aliphatic carbocycles. The van der Waals surface area contributed by atoms with E-state index in [0.717, 1.165) is 5.69 Å². The lowest BCUT2D eigenvalue weighted by atomic mass is 9.93. The number of para-hydroxylation sites is 1. The second-order valence-electron chi connectivity index (χ2n) is 7.40. The number of nitrogens with one attached hydrogen (secondary N) is 2. The van der Waals surface area contributed by atoms with E-state index in [1.54, 1.807) is 52.7 Å². The van der Waals surface area contributed by atoms with E-state index in [9.17, 15) is 14.7 Å². The Morgan fingerprint density at radius 2 is 2.06 bits per heavy atom. The van der Waals surface area contributed by atoms with E-state index in [4.69, 9.17) is 9.90 Å². The Hall–Kier alpha value is -3.99. The van der Waals surface area contributed by atoms with Crippen molar-refractivity contribution in [2.24, 2.45) is 5.92 Å². The maximum Gasteiger partial charge on any atom is 0.290 e. The van der Waals surface area contributed by atoms with Crippen LogP contribution in [0.2, 0.25) is 0 Å². The lowest BCUT2D eigenvalue weighted by Crippen LogP contribution is -2.51. The summed E-state index contributed by atoms with van der Waals surface area (Å²) in [5.74, 6) is -1.09. The van der Waals surface area contributed by atoms with Crippen LogP contribution in [0.3, 0.4) is 0 Å². The topological polar surface area (TPSA) is 153 Å². The Labute approximate surface area is 190 Å². The number of aromatic amines is 1. The first kappa shape index (κ1) is 23.7. The molecule has 1 saturated heterocycles. The molecule has 4 N–H and O–H groups in total. The number of carboxylic acid groups (broad SMARTS) is 1. The third-order valence-corrected chi connectivity index (χ3v) is 5.33. The molecule has 4 rings (SSSR count). The molecular formula is C22H26N6O5. The van der Waals surface area contributed by atoms with Crippen LogP contribution in [0.5, 0.6) is 0 Å². The van der Waals surface area contributed by atoms with Crippen LogP contribution >= 0.6 is 0 Å². The zero-order valence-corrected chi connectivity index (χ0v) is 17.9. The molecule has 0 bridgehead atoms. The summed E-state index contributed by atoms with van der Waals surface area (Å²) in [6.07, 6.45) is 6.93. The normalized spacial score (nSPS) is 17.5. The first-order chi connectivity index (χ1) is 16.0. The highest BCUT2D eigenvalue weighted by molar-refractivity contribution is 5.98. The van der Waals surface area contributed by atoms with E-state index in [1.807, 2.05) is 12.1 Å². The lowest BCUT2D eigenvalue weighted by Gasteiger charge is -2.35. The molecule has 1 aliphatic rings. The Bertz CT molecular complexity index is 1040. The number of carbonyl (C=O) groups excluding carboxylic acids is 2. The molecule has 3 aromatic rings. The number of H-pyrrole nitrogens is 1. The molecule has 1 aliphatic heterocycles. The van der Waals surface area contributed by atoms with Crippen molar-refractivity contribution >= 4 is 18.3 Å². The third kappa shape index (κ3) is 6.04. The average Bonchev–Trinajstić information content (AvgIpc) is 3.54. The van der Waals surface area contributed by atoms with Gasteiger partial charge in [-0.1, -0.05) is 12.1 Å². The van der Waals surface area contributed by atoms with Gasteiger partial charge in [0.05, 0.1) is 29.6 Å². The summed E-state index contributed by atoms with van der Waals surface area (Å²) in [4.78, 5) is 42.8. The average molecular weight is 454 g/mol. The highest BCUT2D eigenvalue weighted by atomic mass is 16.3. The summed E-state index contributed by atoms with van der Waals surface area (Å²) < 4.78 is 1.64. The summed E-state index contributed by atoms with van der Waals surface area (Å²) in [5, 5.41) is 24.3. The van der Waals surface area contributed by atoms with Crippen molar-refractivity contribution in [3.05, 3.63) is 66.5 Å². The van der Waals surface area contributed by atoms with Gasteiger partial charge in [-0.15, -0.1) is 0 Å². The molecule has 0 unspecified atom stereocenters. The van der Waals surface area contributed by atoms with Crippen LogP contribution in [0, 0.1) is 5.92 Å². The van der Waals surface area contributed by atoms with Crippen LogP contribution in [-0.2, 0) is 16.0 Å². The fraction of sp³-hybridized carbons (Fsp3) is 0.318. The number of likely N-dealkylation sites (tertiary alicyclic amines) is 1. The maximum absolute atomic E-state index is 13.2. The summed E-state index contributed by atoms with van der Waals surface area (Å²) >= 11 is 0. The number of nitrogens with zero attached hydrogens (tertiary/aromatic N) is 4. The van der Waals surface area contributed by atoms with Crippen molar-refractivity contribution in [2.75, 3.05) is 19.6 Å². The number of aromatic nitrogens is 4. The molecule has 1 aromatic carbocycles. The molecule has 3 heterocycles. The highest BCUT2D eigenvalue weighted by Crippen LogP contribution is 2.22. The number of amides is 2. The maximum atomic E-state index is 13.2. The van der Waals surface area contributed by atoms with Crippen LogP contribution in [0.15, 0.2) is 55.2 Å². The molecule has 1 fully saturated rings. The molecule has 2 aromatic heterocycles. The number of carbonyl (C=O) groups is 3. The SMILES string of the molecule is O=C(NCCc1cnc[nH]1)[C@H]1CN(C(=O)c2ccccc2-n2cccn2)CC[C@H]1O.O=CO. The number of aliphatic hydroxyl groups is 1. The van der Waals surface area contributed by atoms with Gasteiger partial charge in [0, 0.05) is 50.3 Å². The van der Waals surface area contributed by atoms with Gasteiger partial charge in [0.1, 0.15) is 0 Å². The molecule has 33 heavy (non-hydrogen) atoms. The molecular weight excluding hydrogens is 428 g/mol. The number of hydrogen-bond acceptors (Lipinski definition) is 6. The van der Waals surface area contributed by atoms with Gasteiger partial charge in [-0.3, -0.25) is 14.4 Å². The van der Waals surface area contributed by atoms with E-state index in [0.29, 0.717) is 37.2 Å². The fourth-order valence-corrected chi connectivity index (χ4v) is 3.69. The number of piperidine rings is 1. The second kappa shape index (κ2) is 11.6. The van der Waals surface area contributed by atoms with E-state index in [-0.39, 0.29) is 24.8 Å². The summed E-state index contributed by atoms with van der Waals surface area (Å²) in [7, 11) is 0. The Morgan fingerprint density at radius 1 is 1.27 bits per heavy atom. The number of rotatable bonds is 6. The van der Waals surface area contributed by atoms with Crippen molar-refractivity contribution in [3.63, 3.8) is 0 Å². The lowest BCUT2D eigenvalue weighted by molar-refractivity contribution is -0.130. The van der Waals surface area contributed by atoms with Crippen molar-refractivity contribution < 1.29 is 24.6 Å². The first-order valence-electron chi connectivity index (χ1n) is 10.4. The van der Waals surface area contributed by atoms with Crippen LogP contribution in [0.25, 0.3) is 5.69 Å². The van der Waals surface area contributed by atoms with Gasteiger partial charge in [-0.05, 0) is 24.6 Å². The predicted molar refractivity (Wildman–Crippen MR) is 118 cm³/mol. The second-order valence-corrected chi connectivity index (χ2v) is 7.40. The number of imidazole rings is 1. The van der Waals surface area contributed by atoms with Gasteiger partial charge < -0.3 is 25.4 Å². The third-order valence-electron chi connectivity index (χ3n) is 5.33. The number of hydrogen-bond donors (Lipinski definition) is 4. The minimum absolute atomic E-state index is 0.170. The molecule has 174 valence electrons. The van der Waals surface area contributed by atoms with Gasteiger partial charge >= 0.3 is 0 Å². The minimum atomic E-state index is -0.775. The van der Waals surface area contributed by atoms with Crippen LogP contribution < -0.4 is 5.32 Å². The first-order valence-corrected chi connectivity index (χ1v) is 10.4. The molecule has 11 heteroatoms. The molecule has 2 atom stereocenters. The molecule has 0 spiro atoms. The zero-order chi connectivity index (χ0) is 23.6. The van der Waals surface area contributed by atoms with E-state index in [1.165, 1.54) is 0 Å². The Morgan fingerprint density at radius 3 is 2.76 bits per heavy atom. The van der Waals surface area contributed by atoms with E-state index in [2.05, 4.69) is 20.4 Å². The van der Waals surface area contributed by atoms with Gasteiger partial charge in [0.2, 0.25) is 5.91 Å². The van der Waals surface area contributed by atoms with Crippen LogP contribution in [0.1, 0.15) is 22.5 Å². The molecule has 2 amide bonds. The quantitative estimate of drug-likeness (QED) is 0.395. The van der Waals surface area contributed by atoms with E-state index >= 15 is 0 Å². The molecule has 11 nitrogen and oxygen atoms in total. The summed E-state index contributed by atoms with van der Waals surface area (Å²) in [6, 6.07) is 9.03. The van der Waals surface area contributed by atoms with E-state index < -0.39 is 12.0 Å². The molecule has 0 saturated carbocycles. The monoisotopic (exact) mass is 454 g/mol. The Kier molecular flexibility index (Phi) is 8.30. The summed E-state index contributed by atoms with van der Waals surface area (Å²) in [6.45, 7) is 0.745. The Balaban J connectivity index is 0.000000968. The van der Waals surface area contributed by atoms with Crippen molar-refractivity contribution in [1.82, 2.24) is 30.0 Å². The number of benzene rings is 1. The fourth-order valence-electron chi connectivity index (χ4n) is 3.69. The van der Waals surface area contributed by atoms with Gasteiger partial charge in [-0.25, -0.2) is 9.67 Å². The van der Waals surface area contributed by atoms with Crippen molar-refractivity contribution in [3.8, 4) is 5.69 Å². The van der Waals surface area contributed by atoms with Crippen LogP contribution in [0.4, 0.5) is 0 Å². The van der Waals surface area contributed by atoms with Gasteiger partial charge in [0.15, 0.2) is 0 Å². The zero-order valence-electron chi connectivity index (χ0n) is 17.9. The standard InChI is InChI=1S/C21H24N6O3.CH2O2/c28-19-7-11-26(13-17(19)20(29)23-9-6-15-12-22-14-24-15)21(30)16-4-1-2-5-18(16)27-10-3-8-25-27;2-1-3/h1-5,8,10,12,14,17,19,28H,6-7,9,11,13H2,(H,22,24)(H,23,29);1H,(H,2,3)/t17-,19+;/m0./s1. The number of aliphatic hydroxyl groups excluding tert-OH is 1. The van der Waals surface area contributed by atoms with Gasteiger partial charge in [-0.2, -0.15) is 5.10 Å². The molecule has 0 radical (unpaired) electrons. The van der Waals surface area contributed by atoms with Gasteiger partial charge in [0.25, 0.3) is 12.4 Å². The largest absolute Gasteiger partial charge is 0.483 e. The van der Waals surface area contributed by atoms with Crippen LogP contribution in [-0.4, -0.2) is 78.9 Å². The van der Waals surface area contributed by atoms with Crippen molar-refractivity contribution in [1.29, 1.82) is 0 Å². The highest BCUT2D eigenvalue weighted by Gasteiger charge is 2.35. The summed E-state index contributed by atoms with van der Waals surface area (Å²) in [5.41, 5.74) is 2.11.